The first kappa shape index (κ1) is 24.1. The molecule has 1 aromatic heterocycles. The highest BCUT2D eigenvalue weighted by Crippen LogP contribution is 2.26. The number of hydrogen-bond acceptors (Lipinski definition) is 5. The summed E-state index contributed by atoms with van der Waals surface area (Å²) >= 11 is 5.77. The zero-order chi connectivity index (χ0) is 23.0. The third kappa shape index (κ3) is 5.65. The van der Waals surface area contributed by atoms with Crippen LogP contribution in [0.2, 0.25) is 0 Å². The molecule has 2 aromatic rings. The minimum Gasteiger partial charge on any atom is -0.300 e. The lowest BCUT2D eigenvalue weighted by atomic mass is 9.87. The van der Waals surface area contributed by atoms with Crippen LogP contribution >= 0.6 is 12.2 Å². The van der Waals surface area contributed by atoms with Gasteiger partial charge >= 0.3 is 0 Å². The van der Waals surface area contributed by atoms with Crippen molar-refractivity contribution < 1.29 is 8.42 Å². The molecule has 0 amide bonds. The van der Waals surface area contributed by atoms with Crippen molar-refractivity contribution in [3.63, 3.8) is 0 Å². The van der Waals surface area contributed by atoms with Gasteiger partial charge in [0.15, 0.2) is 20.4 Å². The Balaban J connectivity index is 1.93. The highest BCUT2D eigenvalue weighted by atomic mass is 32.2. The van der Waals surface area contributed by atoms with Gasteiger partial charge in [-0.1, -0.05) is 58.9 Å². The van der Waals surface area contributed by atoms with Crippen LogP contribution in [0.4, 0.5) is 0 Å². The Labute approximate surface area is 192 Å². The lowest BCUT2D eigenvalue weighted by Crippen LogP contribution is -2.40. The Morgan fingerprint density at radius 1 is 1.23 bits per heavy atom. The van der Waals surface area contributed by atoms with Crippen LogP contribution in [0.15, 0.2) is 24.3 Å². The molecule has 0 N–H and O–H groups in total. The molecule has 1 aliphatic heterocycles. The van der Waals surface area contributed by atoms with E-state index in [0.717, 1.165) is 24.5 Å². The molecule has 3 rings (SSSR count). The van der Waals surface area contributed by atoms with E-state index in [0.29, 0.717) is 23.8 Å². The standard InChI is InChI=1S/C23H36N4O2S2/c1-7-26-21(18-8-10-19(11-9-18)23(4,5)6)24-27(22(26)30)16-25(14-17(2)3)20-12-13-31(28,29)15-20/h8-11,17,20H,7,12-16H2,1-6H3. The average Bonchev–Trinajstić information content (AvgIpc) is 3.19. The summed E-state index contributed by atoms with van der Waals surface area (Å²) in [6.45, 7) is 15.1. The summed E-state index contributed by atoms with van der Waals surface area (Å²) in [6.07, 6.45) is 0.679. The molecule has 0 saturated carbocycles. The monoisotopic (exact) mass is 464 g/mol. The molecule has 0 spiro atoms. The first-order chi connectivity index (χ1) is 14.4. The fraction of sp³-hybridized carbons (Fsp3) is 0.652. The number of sulfone groups is 1. The molecular weight excluding hydrogens is 428 g/mol. The lowest BCUT2D eigenvalue weighted by molar-refractivity contribution is 0.137. The lowest BCUT2D eigenvalue weighted by Gasteiger charge is -2.29. The van der Waals surface area contributed by atoms with E-state index in [2.05, 4.69) is 75.3 Å². The summed E-state index contributed by atoms with van der Waals surface area (Å²) < 4.78 is 28.7. The van der Waals surface area contributed by atoms with Crippen molar-refractivity contribution >= 4 is 22.1 Å². The van der Waals surface area contributed by atoms with Crippen LogP contribution in [0, 0.1) is 10.7 Å². The van der Waals surface area contributed by atoms with E-state index in [9.17, 15) is 8.42 Å². The van der Waals surface area contributed by atoms with Gasteiger partial charge in [-0.3, -0.25) is 4.90 Å². The molecule has 1 fully saturated rings. The highest BCUT2D eigenvalue weighted by Gasteiger charge is 2.33. The fourth-order valence-corrected chi connectivity index (χ4v) is 6.25. The molecule has 1 saturated heterocycles. The Morgan fingerprint density at radius 2 is 1.87 bits per heavy atom. The van der Waals surface area contributed by atoms with E-state index in [1.165, 1.54) is 5.56 Å². The van der Waals surface area contributed by atoms with Gasteiger partial charge < -0.3 is 4.57 Å². The zero-order valence-corrected chi connectivity index (χ0v) is 21.3. The Morgan fingerprint density at radius 3 is 2.35 bits per heavy atom. The maximum absolute atomic E-state index is 12.1. The molecule has 172 valence electrons. The van der Waals surface area contributed by atoms with Gasteiger partial charge in [-0.15, -0.1) is 0 Å². The maximum Gasteiger partial charge on any atom is 0.199 e. The molecule has 6 nitrogen and oxygen atoms in total. The van der Waals surface area contributed by atoms with E-state index in [4.69, 9.17) is 17.3 Å². The Hall–Kier alpha value is -1.51. The first-order valence-corrected chi connectivity index (χ1v) is 13.4. The molecular formula is C23H36N4O2S2. The largest absolute Gasteiger partial charge is 0.300 e. The number of aromatic nitrogens is 3. The van der Waals surface area contributed by atoms with Crippen molar-refractivity contribution in [2.24, 2.45) is 5.92 Å². The van der Waals surface area contributed by atoms with Crippen molar-refractivity contribution in [3.8, 4) is 11.4 Å². The average molecular weight is 465 g/mol. The summed E-state index contributed by atoms with van der Waals surface area (Å²) in [4.78, 5) is 2.24. The van der Waals surface area contributed by atoms with Gasteiger partial charge in [0.2, 0.25) is 0 Å². The van der Waals surface area contributed by atoms with Gasteiger partial charge in [-0.05, 0) is 42.5 Å². The van der Waals surface area contributed by atoms with E-state index < -0.39 is 9.84 Å². The van der Waals surface area contributed by atoms with E-state index >= 15 is 0 Å². The topological polar surface area (TPSA) is 60.1 Å². The van der Waals surface area contributed by atoms with Crippen LogP contribution in [0.25, 0.3) is 11.4 Å². The normalized spacial score (nSPS) is 18.9. The van der Waals surface area contributed by atoms with Crippen molar-refractivity contribution in [1.82, 2.24) is 19.2 Å². The second-order valence-electron chi connectivity index (χ2n) is 10.0. The third-order valence-corrected chi connectivity index (χ3v) is 8.07. The third-order valence-electron chi connectivity index (χ3n) is 5.89. The molecule has 31 heavy (non-hydrogen) atoms. The highest BCUT2D eigenvalue weighted by molar-refractivity contribution is 7.91. The summed E-state index contributed by atoms with van der Waals surface area (Å²) in [5.74, 6) is 1.78. The van der Waals surface area contributed by atoms with Crippen molar-refractivity contribution in [2.45, 2.75) is 72.6 Å². The molecule has 1 unspecified atom stereocenters. The summed E-state index contributed by atoms with van der Waals surface area (Å²) in [6, 6.07) is 8.57. The number of rotatable bonds is 7. The fourth-order valence-electron chi connectivity index (χ4n) is 4.18. The molecule has 2 heterocycles. The second kappa shape index (κ2) is 9.16. The molecule has 0 bridgehead atoms. The van der Waals surface area contributed by atoms with Gasteiger partial charge in [0.05, 0.1) is 18.2 Å². The van der Waals surface area contributed by atoms with Crippen molar-refractivity contribution in [1.29, 1.82) is 0 Å². The molecule has 1 aromatic carbocycles. The molecule has 0 aliphatic carbocycles. The predicted octanol–water partition coefficient (Wildman–Crippen LogP) is 4.50. The SMILES string of the molecule is CCn1c(-c2ccc(C(C)(C)C)cc2)nn(CN(CC(C)C)C2CCS(=O)(=O)C2)c1=S. The van der Waals surface area contributed by atoms with E-state index in [-0.39, 0.29) is 23.0 Å². The van der Waals surface area contributed by atoms with E-state index in [1.54, 1.807) is 0 Å². The van der Waals surface area contributed by atoms with Crippen LogP contribution in [0.3, 0.4) is 0 Å². The summed E-state index contributed by atoms with van der Waals surface area (Å²) in [7, 11) is -2.95. The number of hydrogen-bond donors (Lipinski definition) is 0. The van der Waals surface area contributed by atoms with Crippen LogP contribution in [-0.2, 0) is 28.5 Å². The van der Waals surface area contributed by atoms with Crippen LogP contribution in [-0.4, -0.2) is 51.8 Å². The molecule has 1 aliphatic rings. The number of nitrogens with zero attached hydrogens (tertiary/aromatic N) is 4. The summed E-state index contributed by atoms with van der Waals surface area (Å²) in [5.41, 5.74) is 2.42. The predicted molar refractivity (Wildman–Crippen MR) is 129 cm³/mol. The van der Waals surface area contributed by atoms with Gasteiger partial charge in [0.1, 0.15) is 0 Å². The second-order valence-corrected chi connectivity index (χ2v) is 12.6. The smallest absolute Gasteiger partial charge is 0.199 e. The maximum atomic E-state index is 12.1. The molecule has 0 radical (unpaired) electrons. The Bertz CT molecular complexity index is 1060. The van der Waals surface area contributed by atoms with Gasteiger partial charge in [-0.2, -0.15) is 5.10 Å². The summed E-state index contributed by atoms with van der Waals surface area (Å²) in [5, 5.41) is 4.88. The van der Waals surface area contributed by atoms with Gasteiger partial charge in [0, 0.05) is 24.7 Å². The minimum atomic E-state index is -2.95. The Kier molecular flexibility index (Phi) is 7.13. The van der Waals surface area contributed by atoms with Crippen molar-refractivity contribution in [2.75, 3.05) is 18.1 Å². The quantitative estimate of drug-likeness (QED) is 0.565. The van der Waals surface area contributed by atoms with Gasteiger partial charge in [0.25, 0.3) is 0 Å². The number of benzene rings is 1. The minimum absolute atomic E-state index is 0.0237. The van der Waals surface area contributed by atoms with Crippen LogP contribution < -0.4 is 0 Å². The van der Waals surface area contributed by atoms with Crippen molar-refractivity contribution in [3.05, 3.63) is 34.6 Å². The van der Waals surface area contributed by atoms with Crippen LogP contribution in [0.5, 0.6) is 0 Å². The van der Waals surface area contributed by atoms with Crippen LogP contribution in [0.1, 0.15) is 53.5 Å². The van der Waals surface area contributed by atoms with Gasteiger partial charge in [-0.25, -0.2) is 13.1 Å². The first-order valence-electron chi connectivity index (χ1n) is 11.1. The molecule has 1 atom stereocenters. The zero-order valence-electron chi connectivity index (χ0n) is 19.6. The van der Waals surface area contributed by atoms with E-state index in [1.807, 2.05) is 4.68 Å². The molecule has 8 heteroatoms.